The van der Waals surface area contributed by atoms with Crippen LogP contribution in [0.4, 0.5) is 5.69 Å². The summed E-state index contributed by atoms with van der Waals surface area (Å²) in [6.07, 6.45) is 1.51. The van der Waals surface area contributed by atoms with Crippen LogP contribution in [0.3, 0.4) is 0 Å². The van der Waals surface area contributed by atoms with Gasteiger partial charge >= 0.3 is 5.97 Å². The zero-order chi connectivity index (χ0) is 12.6. The number of anilines is 1. The van der Waals surface area contributed by atoms with E-state index in [9.17, 15) is 4.79 Å². The molecule has 0 fully saturated rings. The largest absolute Gasteiger partial charge is 0.476 e. The number of carbonyl (C=O) groups is 1. The second-order valence-electron chi connectivity index (χ2n) is 3.68. The van der Waals surface area contributed by atoms with Crippen molar-refractivity contribution in [2.24, 2.45) is 0 Å². The summed E-state index contributed by atoms with van der Waals surface area (Å²) in [7, 11) is 0. The Morgan fingerprint density at radius 3 is 2.76 bits per heavy atom. The zero-order valence-corrected chi connectivity index (χ0v) is 10.3. The average Bonchev–Trinajstić information content (AvgIpc) is 2.72. The fourth-order valence-electron chi connectivity index (χ4n) is 1.43. The molecular formula is C10H12N4O2S. The lowest BCUT2D eigenvalue weighted by molar-refractivity contribution is 0.0690. The number of rotatable bonds is 3. The second kappa shape index (κ2) is 4.17. The number of nitrogens with zero attached hydrogens (tertiary/aromatic N) is 3. The maximum Gasteiger partial charge on any atom is 0.358 e. The van der Waals surface area contributed by atoms with Gasteiger partial charge in [0.1, 0.15) is 5.01 Å². The summed E-state index contributed by atoms with van der Waals surface area (Å²) >= 11 is 1.57. The van der Waals surface area contributed by atoms with E-state index in [0.717, 1.165) is 15.6 Å². The Kier molecular flexibility index (Phi) is 2.84. The quantitative estimate of drug-likeness (QED) is 0.858. The van der Waals surface area contributed by atoms with Crippen molar-refractivity contribution in [3.8, 4) is 0 Å². The monoisotopic (exact) mass is 252 g/mol. The van der Waals surface area contributed by atoms with Gasteiger partial charge in [-0.25, -0.2) is 9.78 Å². The van der Waals surface area contributed by atoms with Gasteiger partial charge in [-0.3, -0.25) is 4.68 Å². The van der Waals surface area contributed by atoms with Crippen molar-refractivity contribution in [2.45, 2.75) is 20.4 Å². The lowest BCUT2D eigenvalue weighted by Gasteiger charge is -1.95. The van der Waals surface area contributed by atoms with Crippen molar-refractivity contribution in [1.29, 1.82) is 0 Å². The van der Waals surface area contributed by atoms with Crippen LogP contribution in [0.15, 0.2) is 6.20 Å². The normalized spacial score (nSPS) is 10.7. The highest BCUT2D eigenvalue weighted by atomic mass is 32.1. The Labute approximate surface area is 102 Å². The van der Waals surface area contributed by atoms with Crippen LogP contribution >= 0.6 is 11.3 Å². The molecule has 2 heterocycles. The summed E-state index contributed by atoms with van der Waals surface area (Å²) in [5.41, 5.74) is 6.59. The molecule has 0 atom stereocenters. The van der Waals surface area contributed by atoms with Gasteiger partial charge in [-0.1, -0.05) is 0 Å². The number of carboxylic acids is 1. The predicted molar refractivity (Wildman–Crippen MR) is 64.3 cm³/mol. The Morgan fingerprint density at radius 1 is 1.59 bits per heavy atom. The number of nitrogens with two attached hydrogens (primary N) is 1. The van der Waals surface area contributed by atoms with Gasteiger partial charge in [0, 0.05) is 11.1 Å². The number of carboxylic acid groups (broad SMARTS) is 1. The molecule has 0 aromatic carbocycles. The fourth-order valence-corrected chi connectivity index (χ4v) is 2.36. The first-order valence-electron chi connectivity index (χ1n) is 4.96. The Morgan fingerprint density at radius 2 is 2.29 bits per heavy atom. The molecular weight excluding hydrogens is 240 g/mol. The van der Waals surface area contributed by atoms with Gasteiger partial charge in [-0.05, 0) is 13.8 Å². The Bertz CT molecular complexity index is 553. The van der Waals surface area contributed by atoms with Crippen LogP contribution in [-0.4, -0.2) is 25.8 Å². The Hall–Kier alpha value is -1.89. The molecule has 7 heteroatoms. The third-order valence-electron chi connectivity index (χ3n) is 2.36. The molecule has 0 amide bonds. The third-order valence-corrected chi connectivity index (χ3v) is 3.42. The van der Waals surface area contributed by atoms with Crippen molar-refractivity contribution >= 4 is 23.0 Å². The minimum Gasteiger partial charge on any atom is -0.476 e. The van der Waals surface area contributed by atoms with Crippen LogP contribution in [0.5, 0.6) is 0 Å². The zero-order valence-electron chi connectivity index (χ0n) is 9.47. The van der Waals surface area contributed by atoms with Gasteiger partial charge in [-0.2, -0.15) is 5.10 Å². The Balaban J connectivity index is 2.24. The van der Waals surface area contributed by atoms with Crippen LogP contribution in [0, 0.1) is 13.8 Å². The van der Waals surface area contributed by atoms with E-state index >= 15 is 0 Å². The number of nitrogen functional groups attached to an aromatic ring is 1. The van der Waals surface area contributed by atoms with E-state index in [0.29, 0.717) is 6.54 Å². The predicted octanol–water partition coefficient (Wildman–Crippen LogP) is 1.29. The molecule has 0 aliphatic rings. The summed E-state index contributed by atoms with van der Waals surface area (Å²) in [5.74, 6) is -1.12. The molecule has 0 saturated carbocycles. The van der Waals surface area contributed by atoms with E-state index in [4.69, 9.17) is 10.8 Å². The van der Waals surface area contributed by atoms with E-state index in [1.807, 2.05) is 13.8 Å². The van der Waals surface area contributed by atoms with Crippen LogP contribution in [-0.2, 0) is 6.54 Å². The van der Waals surface area contributed by atoms with Crippen molar-refractivity contribution < 1.29 is 9.90 Å². The highest BCUT2D eigenvalue weighted by Gasteiger charge is 2.14. The molecule has 0 aliphatic carbocycles. The van der Waals surface area contributed by atoms with E-state index in [2.05, 4.69) is 10.1 Å². The smallest absolute Gasteiger partial charge is 0.358 e. The highest BCUT2D eigenvalue weighted by Crippen LogP contribution is 2.18. The molecule has 0 unspecified atom stereocenters. The summed E-state index contributed by atoms with van der Waals surface area (Å²) < 4.78 is 1.50. The first-order valence-corrected chi connectivity index (χ1v) is 5.78. The molecule has 0 spiro atoms. The summed E-state index contributed by atoms with van der Waals surface area (Å²) in [6, 6.07) is 0. The number of aromatic carboxylic acids is 1. The van der Waals surface area contributed by atoms with Crippen molar-refractivity contribution in [1.82, 2.24) is 14.8 Å². The van der Waals surface area contributed by atoms with E-state index < -0.39 is 5.97 Å². The number of aromatic nitrogens is 3. The molecule has 0 bridgehead atoms. The number of hydrogen-bond acceptors (Lipinski definition) is 5. The summed E-state index contributed by atoms with van der Waals surface area (Å²) in [5, 5.41) is 13.6. The molecule has 0 aliphatic heterocycles. The summed E-state index contributed by atoms with van der Waals surface area (Å²) in [6.45, 7) is 4.38. The molecule has 3 N–H and O–H groups in total. The molecule has 0 saturated heterocycles. The highest BCUT2D eigenvalue weighted by molar-refractivity contribution is 7.11. The first kappa shape index (κ1) is 11.6. The molecule has 2 rings (SSSR count). The number of aryl methyl sites for hydroxylation is 2. The maximum absolute atomic E-state index is 10.8. The maximum atomic E-state index is 10.8. The number of thiazole rings is 1. The fraction of sp³-hybridized carbons (Fsp3) is 0.300. The average molecular weight is 252 g/mol. The van der Waals surface area contributed by atoms with Gasteiger partial charge in [0.25, 0.3) is 0 Å². The van der Waals surface area contributed by atoms with Crippen LogP contribution in [0.25, 0.3) is 0 Å². The standard InChI is InChI=1S/C10H12N4O2S/c1-5-6(2)17-8(12-5)4-14-3-7(11)9(13-14)10(15)16/h3H,4,11H2,1-2H3,(H,15,16). The number of hydrogen-bond donors (Lipinski definition) is 2. The van der Waals surface area contributed by atoms with Crippen LogP contribution < -0.4 is 5.73 Å². The van der Waals surface area contributed by atoms with Crippen LogP contribution in [0.2, 0.25) is 0 Å². The lowest BCUT2D eigenvalue weighted by atomic mass is 10.4. The topological polar surface area (TPSA) is 94.0 Å². The molecule has 90 valence electrons. The van der Waals surface area contributed by atoms with E-state index in [1.165, 1.54) is 10.9 Å². The molecule has 2 aromatic rings. The minimum atomic E-state index is -1.12. The molecule has 0 radical (unpaired) electrons. The van der Waals surface area contributed by atoms with Gasteiger partial charge in [-0.15, -0.1) is 11.3 Å². The molecule has 17 heavy (non-hydrogen) atoms. The second-order valence-corrected chi connectivity index (χ2v) is 4.97. The van der Waals surface area contributed by atoms with Gasteiger partial charge in [0.2, 0.25) is 0 Å². The lowest BCUT2D eigenvalue weighted by Crippen LogP contribution is -2.04. The first-order chi connectivity index (χ1) is 7.97. The third kappa shape index (κ3) is 2.28. The minimum absolute atomic E-state index is 0.116. The van der Waals surface area contributed by atoms with Gasteiger partial charge in [0.05, 0.1) is 17.9 Å². The van der Waals surface area contributed by atoms with Gasteiger partial charge < -0.3 is 10.8 Å². The SMILES string of the molecule is Cc1nc(Cn2cc(N)c(C(=O)O)n2)sc1C. The van der Waals surface area contributed by atoms with Crippen molar-refractivity contribution in [3.05, 3.63) is 27.5 Å². The van der Waals surface area contributed by atoms with Crippen molar-refractivity contribution in [3.63, 3.8) is 0 Å². The van der Waals surface area contributed by atoms with Crippen molar-refractivity contribution in [2.75, 3.05) is 5.73 Å². The summed E-state index contributed by atoms with van der Waals surface area (Å²) in [4.78, 5) is 16.3. The van der Waals surface area contributed by atoms with E-state index in [-0.39, 0.29) is 11.4 Å². The van der Waals surface area contributed by atoms with E-state index in [1.54, 1.807) is 11.3 Å². The molecule has 2 aromatic heterocycles. The molecule has 6 nitrogen and oxygen atoms in total. The van der Waals surface area contributed by atoms with Gasteiger partial charge in [0.15, 0.2) is 5.69 Å². The van der Waals surface area contributed by atoms with Crippen LogP contribution in [0.1, 0.15) is 26.1 Å².